The Hall–Kier alpha value is -1.85. The second-order valence-electron chi connectivity index (χ2n) is 5.30. The lowest BCUT2D eigenvalue weighted by Crippen LogP contribution is -2.28. The second-order valence-corrected chi connectivity index (χ2v) is 6.08. The lowest BCUT2D eigenvalue weighted by atomic mass is 10.0. The highest BCUT2D eigenvalue weighted by molar-refractivity contribution is 7.08. The van der Waals surface area contributed by atoms with Gasteiger partial charge in [-0.1, -0.05) is 12.1 Å². The molecule has 2 N–H and O–H groups in total. The summed E-state index contributed by atoms with van der Waals surface area (Å²) >= 11 is 1.48. The van der Waals surface area contributed by atoms with E-state index in [2.05, 4.69) is 17.3 Å². The number of carbonyl (C=O) groups excluding carboxylic acids is 1. The predicted molar refractivity (Wildman–Crippen MR) is 85.0 cm³/mol. The van der Waals surface area contributed by atoms with Crippen molar-refractivity contribution < 1.29 is 9.90 Å². The summed E-state index contributed by atoms with van der Waals surface area (Å²) in [7, 11) is 2.07. The predicted octanol–water partition coefficient (Wildman–Crippen LogP) is 2.20. The fraction of sp³-hybridized carbons (Fsp3) is 0.312. The van der Waals surface area contributed by atoms with E-state index in [0.717, 1.165) is 18.5 Å². The zero-order chi connectivity index (χ0) is 14.8. The van der Waals surface area contributed by atoms with Crippen LogP contribution in [0.15, 0.2) is 35.0 Å². The van der Waals surface area contributed by atoms with Gasteiger partial charge in [0.05, 0.1) is 6.10 Å². The van der Waals surface area contributed by atoms with Crippen molar-refractivity contribution in [2.45, 2.75) is 12.5 Å². The Kier molecular flexibility index (Phi) is 3.94. The van der Waals surface area contributed by atoms with Gasteiger partial charge in [-0.2, -0.15) is 11.3 Å². The number of nitrogens with one attached hydrogen (secondary N) is 1. The molecule has 0 saturated heterocycles. The number of aliphatic hydroxyl groups excluding tert-OH is 1. The Morgan fingerprint density at radius 3 is 3.10 bits per heavy atom. The highest BCUT2D eigenvalue weighted by Crippen LogP contribution is 2.29. The molecule has 0 unspecified atom stereocenters. The van der Waals surface area contributed by atoms with E-state index in [4.69, 9.17) is 0 Å². The quantitative estimate of drug-likeness (QED) is 0.910. The number of rotatable bonds is 4. The fourth-order valence-electron chi connectivity index (χ4n) is 2.60. The lowest BCUT2D eigenvalue weighted by molar-refractivity contribution is 0.0917. The van der Waals surface area contributed by atoms with Crippen LogP contribution >= 0.6 is 11.3 Å². The van der Waals surface area contributed by atoms with Crippen LogP contribution in [0.4, 0.5) is 5.69 Å². The van der Waals surface area contributed by atoms with Gasteiger partial charge in [0.2, 0.25) is 0 Å². The molecule has 2 heterocycles. The molecule has 0 radical (unpaired) electrons. The molecular formula is C16H18N2O2S. The maximum atomic E-state index is 11.8. The number of anilines is 1. The molecule has 1 aromatic heterocycles. The maximum Gasteiger partial charge on any atom is 0.252 e. The third kappa shape index (κ3) is 2.94. The van der Waals surface area contributed by atoms with Crippen LogP contribution in [0.2, 0.25) is 0 Å². The van der Waals surface area contributed by atoms with Gasteiger partial charge in [0.1, 0.15) is 0 Å². The molecule has 2 aromatic rings. The third-order valence-electron chi connectivity index (χ3n) is 3.86. The molecule has 1 amide bonds. The number of amides is 1. The van der Waals surface area contributed by atoms with Crippen molar-refractivity contribution in [3.63, 3.8) is 0 Å². The highest BCUT2D eigenvalue weighted by atomic mass is 32.1. The van der Waals surface area contributed by atoms with Gasteiger partial charge in [0.25, 0.3) is 5.91 Å². The summed E-state index contributed by atoms with van der Waals surface area (Å²) in [6.45, 7) is 1.24. The average molecular weight is 302 g/mol. The molecule has 5 heteroatoms. The van der Waals surface area contributed by atoms with E-state index in [1.165, 1.54) is 22.6 Å². The first-order valence-electron chi connectivity index (χ1n) is 6.97. The molecule has 1 aliphatic heterocycles. The van der Waals surface area contributed by atoms with E-state index in [9.17, 15) is 9.90 Å². The van der Waals surface area contributed by atoms with Gasteiger partial charge >= 0.3 is 0 Å². The molecule has 1 aromatic carbocycles. The summed E-state index contributed by atoms with van der Waals surface area (Å²) in [5.74, 6) is -0.142. The summed E-state index contributed by atoms with van der Waals surface area (Å²) in [4.78, 5) is 14.1. The smallest absolute Gasteiger partial charge is 0.252 e. The Bertz CT molecular complexity index is 640. The third-order valence-corrected chi connectivity index (χ3v) is 4.54. The van der Waals surface area contributed by atoms with E-state index >= 15 is 0 Å². The minimum Gasteiger partial charge on any atom is -0.387 e. The number of carbonyl (C=O) groups is 1. The zero-order valence-electron chi connectivity index (χ0n) is 11.9. The van der Waals surface area contributed by atoms with Gasteiger partial charge in [0.15, 0.2) is 0 Å². The number of hydrogen-bond acceptors (Lipinski definition) is 4. The van der Waals surface area contributed by atoms with Crippen LogP contribution in [0.5, 0.6) is 0 Å². The van der Waals surface area contributed by atoms with Crippen molar-refractivity contribution in [1.82, 2.24) is 5.32 Å². The first-order chi connectivity index (χ1) is 10.1. The summed E-state index contributed by atoms with van der Waals surface area (Å²) in [5.41, 5.74) is 3.99. The summed E-state index contributed by atoms with van der Waals surface area (Å²) in [6, 6.07) is 7.79. The van der Waals surface area contributed by atoms with Gasteiger partial charge in [-0.15, -0.1) is 0 Å². The molecule has 21 heavy (non-hydrogen) atoms. The number of aliphatic hydroxyl groups is 1. The SMILES string of the molecule is CN1CCc2cc([C@H](O)CNC(=O)c3ccsc3)ccc21. The van der Waals surface area contributed by atoms with Gasteiger partial charge in [0, 0.05) is 36.8 Å². The molecule has 0 saturated carbocycles. The Labute approximate surface area is 128 Å². The van der Waals surface area contributed by atoms with Crippen LogP contribution in [0.25, 0.3) is 0 Å². The number of likely N-dealkylation sites (N-methyl/N-ethyl adjacent to an activating group) is 1. The van der Waals surface area contributed by atoms with Crippen molar-refractivity contribution in [2.24, 2.45) is 0 Å². The molecule has 1 atom stereocenters. The van der Waals surface area contributed by atoms with Crippen molar-refractivity contribution in [1.29, 1.82) is 0 Å². The second kappa shape index (κ2) is 5.87. The molecule has 0 spiro atoms. The van der Waals surface area contributed by atoms with Crippen LogP contribution in [-0.4, -0.2) is 31.2 Å². The van der Waals surface area contributed by atoms with E-state index in [0.29, 0.717) is 5.56 Å². The fourth-order valence-corrected chi connectivity index (χ4v) is 3.23. The Morgan fingerprint density at radius 2 is 2.33 bits per heavy atom. The molecule has 4 nitrogen and oxygen atoms in total. The van der Waals surface area contributed by atoms with Crippen molar-refractivity contribution in [3.05, 3.63) is 51.7 Å². The number of fused-ring (bicyclic) bond motifs is 1. The van der Waals surface area contributed by atoms with Gasteiger partial charge in [-0.3, -0.25) is 4.79 Å². The summed E-state index contributed by atoms with van der Waals surface area (Å²) < 4.78 is 0. The molecule has 0 bridgehead atoms. The van der Waals surface area contributed by atoms with Crippen LogP contribution < -0.4 is 10.2 Å². The van der Waals surface area contributed by atoms with Crippen molar-refractivity contribution in [3.8, 4) is 0 Å². The van der Waals surface area contributed by atoms with Crippen LogP contribution in [0.3, 0.4) is 0 Å². The minimum atomic E-state index is -0.677. The van der Waals surface area contributed by atoms with Gasteiger partial charge in [-0.05, 0) is 35.1 Å². The maximum absolute atomic E-state index is 11.8. The highest BCUT2D eigenvalue weighted by Gasteiger charge is 2.18. The molecule has 0 aliphatic carbocycles. The Morgan fingerprint density at radius 1 is 1.48 bits per heavy atom. The van der Waals surface area contributed by atoms with Crippen molar-refractivity contribution in [2.75, 3.05) is 25.0 Å². The normalized spacial score (nSPS) is 14.9. The number of hydrogen-bond donors (Lipinski definition) is 2. The van der Waals surface area contributed by atoms with Gasteiger partial charge in [-0.25, -0.2) is 0 Å². The largest absolute Gasteiger partial charge is 0.387 e. The van der Waals surface area contributed by atoms with E-state index < -0.39 is 6.10 Å². The molecule has 0 fully saturated rings. The van der Waals surface area contributed by atoms with Crippen molar-refractivity contribution >= 4 is 22.9 Å². The summed E-state index contributed by atoms with van der Waals surface area (Å²) in [5, 5.41) is 16.7. The lowest BCUT2D eigenvalue weighted by Gasteiger charge is -2.15. The standard InChI is InChI=1S/C16H18N2O2S/c1-18-6-4-11-8-12(2-3-14(11)18)15(19)9-17-16(20)13-5-7-21-10-13/h2-3,5,7-8,10,15,19H,4,6,9H2,1H3,(H,17,20)/t15-/m1/s1. The van der Waals surface area contributed by atoms with Crippen LogP contribution in [0, 0.1) is 0 Å². The molecule has 3 rings (SSSR count). The minimum absolute atomic E-state index is 0.142. The van der Waals surface area contributed by atoms with Crippen LogP contribution in [-0.2, 0) is 6.42 Å². The summed E-state index contributed by atoms with van der Waals surface area (Å²) in [6.07, 6.45) is 0.331. The first-order valence-corrected chi connectivity index (χ1v) is 7.92. The first kappa shape index (κ1) is 14.1. The van der Waals surface area contributed by atoms with Crippen LogP contribution in [0.1, 0.15) is 27.6 Å². The zero-order valence-corrected chi connectivity index (χ0v) is 12.7. The number of nitrogens with zero attached hydrogens (tertiary/aromatic N) is 1. The topological polar surface area (TPSA) is 52.6 Å². The average Bonchev–Trinajstić information content (AvgIpc) is 3.14. The van der Waals surface area contributed by atoms with E-state index in [1.807, 2.05) is 23.6 Å². The molecule has 110 valence electrons. The number of thiophene rings is 1. The molecular weight excluding hydrogens is 284 g/mol. The molecule has 1 aliphatic rings. The monoisotopic (exact) mass is 302 g/mol. The van der Waals surface area contributed by atoms with Gasteiger partial charge < -0.3 is 15.3 Å². The van der Waals surface area contributed by atoms with E-state index in [1.54, 1.807) is 11.4 Å². The Balaban J connectivity index is 1.63. The van der Waals surface area contributed by atoms with E-state index in [-0.39, 0.29) is 12.5 Å². The number of benzene rings is 1.